The van der Waals surface area contributed by atoms with Crippen LogP contribution in [-0.4, -0.2) is 138 Å². The second-order valence-electron chi connectivity index (χ2n) is 8.84. The first-order valence-corrected chi connectivity index (χ1v) is 15.7. The highest BCUT2D eigenvalue weighted by atomic mass is 32.2. The van der Waals surface area contributed by atoms with Gasteiger partial charge in [-0.25, -0.2) is 16.8 Å². The molecule has 0 unspecified atom stereocenters. The number of quaternary nitrogens is 2. The predicted octanol–water partition coefficient (Wildman–Crippen LogP) is -0.202. The summed E-state index contributed by atoms with van der Waals surface area (Å²) < 4.78 is 179. The lowest BCUT2D eigenvalue weighted by Crippen LogP contribution is -2.51. The highest BCUT2D eigenvalue weighted by Crippen LogP contribution is 2.21. The Morgan fingerprint density at radius 1 is 0.553 bits per heavy atom. The van der Waals surface area contributed by atoms with Gasteiger partial charge in [0.05, 0.1) is 52.8 Å². The van der Waals surface area contributed by atoms with Gasteiger partial charge in [0.2, 0.25) is 0 Å². The maximum Gasteiger partial charge on any atom is 0.485 e. The molecule has 234 valence electrons. The Morgan fingerprint density at radius 3 is 0.868 bits per heavy atom. The molecule has 2 N–H and O–H groups in total. The molecule has 0 radical (unpaired) electrons. The number of alkyl halides is 6. The van der Waals surface area contributed by atoms with E-state index in [1.807, 2.05) is 28.2 Å². The molecule has 0 aromatic rings. The van der Waals surface area contributed by atoms with E-state index in [0.717, 1.165) is 13.1 Å². The van der Waals surface area contributed by atoms with Crippen molar-refractivity contribution >= 4 is 40.5 Å². The van der Waals surface area contributed by atoms with Gasteiger partial charge in [0.1, 0.15) is 13.1 Å². The molecule has 0 saturated carbocycles. The first kappa shape index (κ1) is 41.6. The monoisotopic (exact) mass is 660 g/mol. The summed E-state index contributed by atoms with van der Waals surface area (Å²) in [4.78, 5) is 0. The van der Waals surface area contributed by atoms with E-state index in [0.29, 0.717) is 34.9 Å². The van der Waals surface area contributed by atoms with Crippen LogP contribution in [0, 0.1) is 0 Å². The quantitative estimate of drug-likeness (QED) is 0.127. The minimum atomic E-state index is -6.09. The van der Waals surface area contributed by atoms with Crippen molar-refractivity contribution in [3.05, 3.63) is 0 Å². The molecule has 24 heteroatoms. The Morgan fingerprint density at radius 2 is 0.737 bits per heavy atom. The summed E-state index contributed by atoms with van der Waals surface area (Å²) in [5.41, 5.74) is -11.3. The third-order valence-corrected chi connectivity index (χ3v) is 6.95. The van der Waals surface area contributed by atoms with Crippen LogP contribution in [0.3, 0.4) is 0 Å². The van der Waals surface area contributed by atoms with E-state index in [-0.39, 0.29) is 11.5 Å². The Balaban J connectivity index is -0.000000623. The summed E-state index contributed by atoms with van der Waals surface area (Å²) in [6.07, 6.45) is 0.782. The van der Waals surface area contributed by atoms with E-state index in [9.17, 15) is 43.2 Å². The summed E-state index contributed by atoms with van der Waals surface area (Å²) in [5.74, 6) is -0.470. The Kier molecular flexibility index (Phi) is 16.1. The average Bonchev–Trinajstić information content (AvgIpc) is 2.55. The maximum absolute atomic E-state index is 10.7. The van der Waals surface area contributed by atoms with Crippen molar-refractivity contribution in [1.82, 2.24) is 0 Å². The molecule has 0 heterocycles. The summed E-state index contributed by atoms with van der Waals surface area (Å²) in [6.45, 7) is 2.85. The third-order valence-electron chi connectivity index (χ3n) is 4.21. The molecule has 0 fully saturated rings. The zero-order valence-electron chi connectivity index (χ0n) is 20.4. The van der Waals surface area contributed by atoms with Gasteiger partial charge < -0.3 is 18.1 Å². The van der Waals surface area contributed by atoms with Crippen LogP contribution in [-0.2, 0) is 40.5 Å². The molecule has 0 aliphatic rings. The van der Waals surface area contributed by atoms with Crippen LogP contribution in [0.2, 0.25) is 0 Å². The molecule has 0 aromatic heterocycles. The molecular weight excluding hydrogens is 630 g/mol. The fourth-order valence-electron chi connectivity index (χ4n) is 2.11. The molecule has 0 atom stereocenters. The molecule has 0 bridgehead atoms. The third kappa shape index (κ3) is 25.4. The van der Waals surface area contributed by atoms with Gasteiger partial charge >= 0.3 is 11.0 Å². The molecular formula is C14H30F6N2O12S4. The predicted molar refractivity (Wildman–Crippen MR) is 117 cm³/mol. The summed E-state index contributed by atoms with van der Waals surface area (Å²) in [6, 6.07) is 0. The van der Waals surface area contributed by atoms with Gasteiger partial charge in [0.15, 0.2) is 20.2 Å². The molecule has 0 rings (SSSR count). The lowest BCUT2D eigenvalue weighted by atomic mass is 10.3. The largest absolute Gasteiger partial charge is 0.741 e. The minimum absolute atomic E-state index is 0.235. The molecule has 0 aromatic carbocycles. The second kappa shape index (κ2) is 14.7. The molecule has 38 heavy (non-hydrogen) atoms. The number of hydrogen-bond donors (Lipinski definition) is 2. The van der Waals surface area contributed by atoms with Crippen molar-refractivity contribution in [1.29, 1.82) is 0 Å². The molecule has 14 nitrogen and oxygen atoms in total. The first-order chi connectivity index (χ1) is 16.1. The second-order valence-corrected chi connectivity index (χ2v) is 14.7. The van der Waals surface area contributed by atoms with Crippen LogP contribution >= 0.6 is 0 Å². The Hall–Kier alpha value is -0.860. The van der Waals surface area contributed by atoms with Crippen LogP contribution in [0.25, 0.3) is 0 Å². The molecule has 0 aliphatic heterocycles. The van der Waals surface area contributed by atoms with Gasteiger partial charge in [0.25, 0.3) is 20.2 Å². The lowest BCUT2D eigenvalue weighted by Gasteiger charge is -2.35. The number of hydrogen-bond acceptors (Lipinski definition) is 10. The van der Waals surface area contributed by atoms with Gasteiger partial charge in [-0.2, -0.15) is 43.2 Å². The van der Waals surface area contributed by atoms with Crippen molar-refractivity contribution < 1.29 is 87.2 Å². The summed E-state index contributed by atoms with van der Waals surface area (Å²) >= 11 is 0. The molecule has 0 aliphatic carbocycles. The van der Waals surface area contributed by atoms with Crippen molar-refractivity contribution in [2.24, 2.45) is 0 Å². The zero-order valence-corrected chi connectivity index (χ0v) is 23.7. The maximum atomic E-state index is 10.7. The zero-order chi connectivity index (χ0) is 31.7. The van der Waals surface area contributed by atoms with E-state index in [2.05, 4.69) is 0 Å². The number of halogens is 6. The van der Waals surface area contributed by atoms with Crippen molar-refractivity contribution in [2.45, 2.75) is 23.9 Å². The standard InChI is InChI=1S/C12H28N2O6S2.2CHF3O3S/c1-13(2,7-5-11-21(15,16)17)9-10-14(3,4)8-6-12-22(18,19)20;2*2-1(3,4)8(5,6)7/h5-12H2,1-4H3;2*(H,5,6,7). The fourth-order valence-corrected chi connectivity index (χ4v) is 3.10. The number of nitrogens with zero attached hydrogens (tertiary/aromatic N) is 2. The van der Waals surface area contributed by atoms with E-state index < -0.39 is 51.5 Å². The Labute approximate surface area is 217 Å². The van der Waals surface area contributed by atoms with Crippen LogP contribution in [0.15, 0.2) is 0 Å². The van der Waals surface area contributed by atoms with E-state index in [1.165, 1.54) is 0 Å². The molecule has 0 spiro atoms. The van der Waals surface area contributed by atoms with Gasteiger partial charge in [0, 0.05) is 12.8 Å². The SMILES string of the molecule is C[N+](C)(CCCS(=O)(=O)O)CC[N+](C)(C)CCCS(=O)(=O)O.O=S(=O)([O-])C(F)(F)F.O=S(=O)([O-])C(F)(F)F. The van der Waals surface area contributed by atoms with Crippen molar-refractivity contribution in [2.75, 3.05) is 65.9 Å². The number of rotatable bonds is 11. The Bertz CT molecular complexity index is 1050. The summed E-state index contributed by atoms with van der Waals surface area (Å²) in [7, 11) is -12.0. The van der Waals surface area contributed by atoms with E-state index in [4.69, 9.17) is 35.0 Å². The van der Waals surface area contributed by atoms with Crippen LogP contribution in [0.5, 0.6) is 0 Å². The van der Waals surface area contributed by atoms with Crippen LogP contribution in [0.4, 0.5) is 26.3 Å². The van der Waals surface area contributed by atoms with Crippen molar-refractivity contribution in [3.8, 4) is 0 Å². The molecule has 0 amide bonds. The van der Waals surface area contributed by atoms with Gasteiger partial charge in [-0.3, -0.25) is 9.11 Å². The molecule has 0 saturated heterocycles. The smallest absolute Gasteiger partial charge is 0.485 e. The van der Waals surface area contributed by atoms with Crippen LogP contribution in [0.1, 0.15) is 12.8 Å². The van der Waals surface area contributed by atoms with Crippen molar-refractivity contribution in [3.63, 3.8) is 0 Å². The highest BCUT2D eigenvalue weighted by Gasteiger charge is 2.37. The van der Waals surface area contributed by atoms with E-state index >= 15 is 0 Å². The first-order valence-electron chi connectivity index (χ1n) is 9.71. The number of likely N-dealkylation sites (N-methyl/N-ethyl adjacent to an activating group) is 2. The highest BCUT2D eigenvalue weighted by molar-refractivity contribution is 7.87. The van der Waals surface area contributed by atoms with Gasteiger partial charge in [-0.1, -0.05) is 0 Å². The van der Waals surface area contributed by atoms with Gasteiger partial charge in [-0.15, -0.1) is 0 Å². The van der Waals surface area contributed by atoms with Crippen LogP contribution < -0.4 is 0 Å². The topological polar surface area (TPSA) is 223 Å². The van der Waals surface area contributed by atoms with Gasteiger partial charge in [-0.05, 0) is 0 Å². The lowest BCUT2D eigenvalue weighted by molar-refractivity contribution is -0.945. The average molecular weight is 661 g/mol. The normalized spacial score (nSPS) is 14.2. The fraction of sp³-hybridized carbons (Fsp3) is 1.00. The summed E-state index contributed by atoms with van der Waals surface area (Å²) in [5, 5.41) is 0. The van der Waals surface area contributed by atoms with E-state index in [1.54, 1.807) is 0 Å². The minimum Gasteiger partial charge on any atom is -0.741 e.